The van der Waals surface area contributed by atoms with E-state index < -0.39 is 0 Å². The van der Waals surface area contributed by atoms with Crippen molar-refractivity contribution < 1.29 is 9.59 Å². The quantitative estimate of drug-likeness (QED) is 0.613. The topological polar surface area (TPSA) is 70.6 Å². The van der Waals surface area contributed by atoms with E-state index in [1.54, 1.807) is 0 Å². The van der Waals surface area contributed by atoms with E-state index in [2.05, 4.69) is 15.8 Å². The molecule has 2 fully saturated rings. The van der Waals surface area contributed by atoms with Crippen LogP contribution >= 0.6 is 0 Å². The van der Waals surface area contributed by atoms with Crippen LogP contribution < -0.4 is 10.7 Å². The van der Waals surface area contributed by atoms with Crippen LogP contribution in [0.1, 0.15) is 70.3 Å². The molecular weight excluding hydrogens is 326 g/mol. The second kappa shape index (κ2) is 8.97. The van der Waals surface area contributed by atoms with Crippen LogP contribution in [-0.4, -0.2) is 17.5 Å². The van der Waals surface area contributed by atoms with Gasteiger partial charge in [0.15, 0.2) is 0 Å². The van der Waals surface area contributed by atoms with Crippen molar-refractivity contribution in [1.29, 1.82) is 0 Å². The molecule has 0 saturated heterocycles. The van der Waals surface area contributed by atoms with Gasteiger partial charge >= 0.3 is 0 Å². The maximum absolute atomic E-state index is 12.3. The van der Waals surface area contributed by atoms with E-state index in [4.69, 9.17) is 0 Å². The Morgan fingerprint density at radius 2 is 1.54 bits per heavy atom. The maximum Gasteiger partial charge on any atom is 0.243 e. The van der Waals surface area contributed by atoms with Gasteiger partial charge in [-0.2, -0.15) is 5.10 Å². The molecule has 2 amide bonds. The molecule has 0 spiro atoms. The third-order valence-electron chi connectivity index (χ3n) is 5.58. The Labute approximate surface area is 155 Å². The van der Waals surface area contributed by atoms with Crippen LogP contribution in [0.3, 0.4) is 0 Å². The Hall–Kier alpha value is -2.17. The lowest BCUT2D eigenvalue weighted by Crippen LogP contribution is -2.29. The summed E-state index contributed by atoms with van der Waals surface area (Å²) in [5.74, 6) is 0.370. The number of hydrazone groups is 1. The minimum atomic E-state index is 0.0229. The number of benzene rings is 1. The summed E-state index contributed by atoms with van der Waals surface area (Å²) < 4.78 is 0. The second-order valence-corrected chi connectivity index (χ2v) is 7.56. The van der Waals surface area contributed by atoms with Crippen molar-refractivity contribution in [1.82, 2.24) is 5.43 Å². The molecule has 3 rings (SSSR count). The fourth-order valence-corrected chi connectivity index (χ4v) is 3.91. The zero-order chi connectivity index (χ0) is 18.4. The first kappa shape index (κ1) is 18.6. The van der Waals surface area contributed by atoms with E-state index in [0.29, 0.717) is 0 Å². The number of rotatable bonds is 5. The van der Waals surface area contributed by atoms with Crippen molar-refractivity contribution in [3.8, 4) is 0 Å². The molecule has 26 heavy (non-hydrogen) atoms. The number of amides is 2. The number of hydrogen-bond acceptors (Lipinski definition) is 3. The molecule has 0 aliphatic heterocycles. The Bertz CT molecular complexity index is 672. The average molecular weight is 355 g/mol. The molecule has 140 valence electrons. The number of carbonyl (C=O) groups excluding carboxylic acids is 2. The molecule has 0 atom stereocenters. The average Bonchev–Trinajstić information content (AvgIpc) is 3.22. The smallest absolute Gasteiger partial charge is 0.243 e. The molecule has 2 aliphatic carbocycles. The van der Waals surface area contributed by atoms with Gasteiger partial charge in [-0.1, -0.05) is 44.2 Å². The second-order valence-electron chi connectivity index (χ2n) is 7.56. The monoisotopic (exact) mass is 355 g/mol. The highest BCUT2D eigenvalue weighted by Crippen LogP contribution is 2.26. The van der Waals surface area contributed by atoms with Gasteiger partial charge < -0.3 is 5.32 Å². The number of carbonyl (C=O) groups is 2. The lowest BCUT2D eigenvalue weighted by Gasteiger charge is -2.19. The van der Waals surface area contributed by atoms with Crippen LogP contribution in [0.2, 0.25) is 0 Å². The van der Waals surface area contributed by atoms with Crippen molar-refractivity contribution in [3.63, 3.8) is 0 Å². The normalized spacial score (nSPS) is 19.3. The summed E-state index contributed by atoms with van der Waals surface area (Å²) in [7, 11) is 0. The molecule has 1 aromatic rings. The number of anilines is 1. The van der Waals surface area contributed by atoms with Crippen LogP contribution in [0, 0.1) is 11.8 Å². The summed E-state index contributed by atoms with van der Waals surface area (Å²) in [6, 6.07) is 7.65. The molecule has 2 saturated carbocycles. The van der Waals surface area contributed by atoms with Crippen molar-refractivity contribution >= 4 is 23.2 Å². The largest absolute Gasteiger partial charge is 0.326 e. The van der Waals surface area contributed by atoms with E-state index >= 15 is 0 Å². The molecule has 2 aliphatic rings. The Balaban J connectivity index is 1.59. The van der Waals surface area contributed by atoms with E-state index in [0.717, 1.165) is 68.3 Å². The van der Waals surface area contributed by atoms with E-state index in [9.17, 15) is 9.59 Å². The SMILES string of the molecule is CC(=NNC(=O)C1CCCCC1)c1cccc(NC(=O)C2CCCC2)c1. The summed E-state index contributed by atoms with van der Waals surface area (Å²) in [5, 5.41) is 7.29. The van der Waals surface area contributed by atoms with E-state index in [-0.39, 0.29) is 23.7 Å². The van der Waals surface area contributed by atoms with Crippen LogP contribution in [-0.2, 0) is 9.59 Å². The molecule has 0 heterocycles. The molecule has 2 N–H and O–H groups in total. The van der Waals surface area contributed by atoms with Crippen LogP contribution in [0.15, 0.2) is 29.4 Å². The van der Waals surface area contributed by atoms with Crippen LogP contribution in [0.5, 0.6) is 0 Å². The standard InChI is InChI=1S/C21H29N3O2/c1-15(23-24-21(26)17-8-3-2-4-9-17)18-12-7-13-19(14-18)22-20(25)16-10-5-6-11-16/h7,12-14,16-17H,2-6,8-11H2,1H3,(H,22,25)(H,24,26). The lowest BCUT2D eigenvalue weighted by atomic mass is 9.89. The fourth-order valence-electron chi connectivity index (χ4n) is 3.91. The first-order valence-corrected chi connectivity index (χ1v) is 9.89. The van der Waals surface area contributed by atoms with E-state index in [1.165, 1.54) is 6.42 Å². The van der Waals surface area contributed by atoms with Gasteiger partial charge in [-0.15, -0.1) is 0 Å². The van der Waals surface area contributed by atoms with Crippen molar-refractivity contribution in [2.24, 2.45) is 16.9 Å². The van der Waals surface area contributed by atoms with Crippen LogP contribution in [0.4, 0.5) is 5.69 Å². The highest BCUT2D eigenvalue weighted by Gasteiger charge is 2.23. The zero-order valence-corrected chi connectivity index (χ0v) is 15.6. The summed E-state index contributed by atoms with van der Waals surface area (Å²) in [5.41, 5.74) is 5.14. The summed E-state index contributed by atoms with van der Waals surface area (Å²) in [4.78, 5) is 24.5. The zero-order valence-electron chi connectivity index (χ0n) is 15.6. The van der Waals surface area contributed by atoms with Crippen molar-refractivity contribution in [2.75, 3.05) is 5.32 Å². The molecular formula is C21H29N3O2. The third kappa shape index (κ3) is 4.93. The third-order valence-corrected chi connectivity index (χ3v) is 5.58. The van der Waals surface area contributed by atoms with Gasteiger partial charge in [0.25, 0.3) is 0 Å². The predicted molar refractivity (Wildman–Crippen MR) is 104 cm³/mol. The highest BCUT2D eigenvalue weighted by atomic mass is 16.2. The van der Waals surface area contributed by atoms with Gasteiger partial charge in [0.2, 0.25) is 11.8 Å². The minimum absolute atomic E-state index is 0.0229. The molecule has 1 aromatic carbocycles. The van der Waals surface area contributed by atoms with E-state index in [1.807, 2.05) is 31.2 Å². The summed E-state index contributed by atoms with van der Waals surface area (Å²) in [6.07, 6.45) is 9.66. The molecule has 0 radical (unpaired) electrons. The van der Waals surface area contributed by atoms with Gasteiger partial charge in [0, 0.05) is 17.5 Å². The minimum Gasteiger partial charge on any atom is -0.326 e. The van der Waals surface area contributed by atoms with Gasteiger partial charge in [0.1, 0.15) is 0 Å². The molecule has 5 heteroatoms. The Morgan fingerprint density at radius 1 is 0.923 bits per heavy atom. The number of hydrogen-bond donors (Lipinski definition) is 2. The van der Waals surface area contributed by atoms with Gasteiger partial charge in [-0.25, -0.2) is 5.43 Å². The summed E-state index contributed by atoms with van der Waals surface area (Å²) >= 11 is 0. The first-order valence-electron chi connectivity index (χ1n) is 9.89. The lowest BCUT2D eigenvalue weighted by molar-refractivity contribution is -0.126. The van der Waals surface area contributed by atoms with Gasteiger partial charge in [-0.3, -0.25) is 9.59 Å². The predicted octanol–water partition coefficient (Wildman–Crippen LogP) is 4.24. The van der Waals surface area contributed by atoms with Gasteiger partial charge in [0.05, 0.1) is 5.71 Å². The molecule has 0 bridgehead atoms. The van der Waals surface area contributed by atoms with Crippen molar-refractivity contribution in [2.45, 2.75) is 64.7 Å². The summed E-state index contributed by atoms with van der Waals surface area (Å²) in [6.45, 7) is 1.87. The molecule has 0 aromatic heterocycles. The van der Waals surface area contributed by atoms with Crippen molar-refractivity contribution in [3.05, 3.63) is 29.8 Å². The van der Waals surface area contributed by atoms with Crippen LogP contribution in [0.25, 0.3) is 0 Å². The Kier molecular flexibility index (Phi) is 6.42. The first-order chi connectivity index (χ1) is 12.6. The molecule has 0 unspecified atom stereocenters. The maximum atomic E-state index is 12.3. The Morgan fingerprint density at radius 3 is 2.23 bits per heavy atom. The number of nitrogens with one attached hydrogen (secondary N) is 2. The van der Waals surface area contributed by atoms with Gasteiger partial charge in [-0.05, 0) is 50.3 Å². The number of nitrogens with zero attached hydrogens (tertiary/aromatic N) is 1. The highest BCUT2D eigenvalue weighted by molar-refractivity contribution is 6.01. The molecule has 5 nitrogen and oxygen atoms in total. The fraction of sp³-hybridized carbons (Fsp3) is 0.571.